The summed E-state index contributed by atoms with van der Waals surface area (Å²) in [6.45, 7) is 0.630. The lowest BCUT2D eigenvalue weighted by molar-refractivity contribution is 0.409. The van der Waals surface area contributed by atoms with E-state index in [1.165, 1.54) is 0 Å². The highest BCUT2D eigenvalue weighted by atomic mass is 35.5. The molecule has 0 aliphatic heterocycles. The first-order valence-electron chi connectivity index (χ1n) is 5.86. The molecule has 0 aromatic heterocycles. The Balaban J connectivity index is 2.02. The van der Waals surface area contributed by atoms with E-state index in [-0.39, 0.29) is 0 Å². The zero-order chi connectivity index (χ0) is 13.7. The molecule has 0 amide bonds. The Morgan fingerprint density at radius 3 is 2.53 bits per heavy atom. The van der Waals surface area contributed by atoms with Crippen LogP contribution in [0.1, 0.15) is 11.1 Å². The molecule has 0 atom stereocenters. The van der Waals surface area contributed by atoms with Crippen molar-refractivity contribution in [3.05, 3.63) is 64.7 Å². The lowest BCUT2D eigenvalue weighted by Gasteiger charge is -2.11. The summed E-state index contributed by atoms with van der Waals surface area (Å²) in [5.41, 5.74) is 2.02. The van der Waals surface area contributed by atoms with Crippen LogP contribution in [0.2, 0.25) is 5.02 Å². The second-order valence-electron chi connectivity index (χ2n) is 4.00. The Kier molecular flexibility index (Phi) is 4.77. The van der Waals surface area contributed by atoms with Crippen LogP contribution in [-0.4, -0.2) is 12.1 Å². The number of thiocarbonyl (C=S) groups is 1. The summed E-state index contributed by atoms with van der Waals surface area (Å²) in [6, 6.07) is 15.3. The van der Waals surface area contributed by atoms with Crippen LogP contribution in [0.25, 0.3) is 0 Å². The molecule has 2 aromatic carbocycles. The van der Waals surface area contributed by atoms with Crippen molar-refractivity contribution < 1.29 is 4.74 Å². The van der Waals surface area contributed by atoms with E-state index in [2.05, 4.69) is 5.32 Å². The first-order chi connectivity index (χ1) is 9.20. The molecule has 0 bridgehead atoms. The van der Waals surface area contributed by atoms with Crippen LogP contribution in [0.15, 0.2) is 48.5 Å². The molecule has 0 radical (unpaired) electrons. The molecule has 0 saturated heterocycles. The van der Waals surface area contributed by atoms with Crippen molar-refractivity contribution in [3.63, 3.8) is 0 Å². The highest BCUT2D eigenvalue weighted by Gasteiger charge is 2.04. The van der Waals surface area contributed by atoms with Crippen LogP contribution in [0.3, 0.4) is 0 Å². The Morgan fingerprint density at radius 2 is 1.84 bits per heavy atom. The molecule has 2 nitrogen and oxygen atoms in total. The van der Waals surface area contributed by atoms with Gasteiger partial charge in [0.25, 0.3) is 0 Å². The van der Waals surface area contributed by atoms with Crippen molar-refractivity contribution in [3.8, 4) is 5.75 Å². The molecule has 0 aliphatic rings. The average Bonchev–Trinajstić information content (AvgIpc) is 2.45. The van der Waals surface area contributed by atoms with Crippen LogP contribution in [0, 0.1) is 0 Å². The van der Waals surface area contributed by atoms with Gasteiger partial charge >= 0.3 is 0 Å². The maximum absolute atomic E-state index is 5.85. The summed E-state index contributed by atoms with van der Waals surface area (Å²) in [5.74, 6) is 0.855. The lowest BCUT2D eigenvalue weighted by atomic mass is 10.2. The molecule has 0 spiro atoms. The van der Waals surface area contributed by atoms with Crippen molar-refractivity contribution >= 4 is 28.8 Å². The number of ether oxygens (including phenoxy) is 1. The predicted octanol–water partition coefficient (Wildman–Crippen LogP) is 3.81. The molecule has 4 heteroatoms. The van der Waals surface area contributed by atoms with Gasteiger partial charge in [0, 0.05) is 22.7 Å². The molecular formula is C15H14ClNOS. The van der Waals surface area contributed by atoms with Crippen molar-refractivity contribution in [2.75, 3.05) is 7.11 Å². The van der Waals surface area contributed by atoms with Crippen LogP contribution >= 0.6 is 23.8 Å². The summed E-state index contributed by atoms with van der Waals surface area (Å²) in [5, 5.41) is 3.92. The SMILES string of the molecule is COc1ccccc1CNC(=S)c1ccc(Cl)cc1. The van der Waals surface area contributed by atoms with E-state index in [1.807, 2.05) is 48.5 Å². The average molecular weight is 292 g/mol. The predicted molar refractivity (Wildman–Crippen MR) is 83.0 cm³/mol. The number of para-hydroxylation sites is 1. The summed E-state index contributed by atoms with van der Waals surface area (Å²) in [6.07, 6.45) is 0. The van der Waals surface area contributed by atoms with Gasteiger partial charge in [0.05, 0.1) is 7.11 Å². The minimum atomic E-state index is 0.630. The van der Waals surface area contributed by atoms with Gasteiger partial charge in [-0.1, -0.05) is 54.2 Å². The number of halogens is 1. The molecule has 0 unspecified atom stereocenters. The Labute approximate surface area is 123 Å². The molecule has 19 heavy (non-hydrogen) atoms. The summed E-state index contributed by atoms with van der Waals surface area (Å²) in [7, 11) is 1.66. The van der Waals surface area contributed by atoms with Crippen molar-refractivity contribution in [1.29, 1.82) is 0 Å². The summed E-state index contributed by atoms with van der Waals surface area (Å²) < 4.78 is 5.30. The lowest BCUT2D eigenvalue weighted by Crippen LogP contribution is -2.21. The van der Waals surface area contributed by atoms with Crippen molar-refractivity contribution in [1.82, 2.24) is 5.32 Å². The zero-order valence-electron chi connectivity index (χ0n) is 10.5. The van der Waals surface area contributed by atoms with E-state index >= 15 is 0 Å². The van der Waals surface area contributed by atoms with E-state index < -0.39 is 0 Å². The van der Waals surface area contributed by atoms with Gasteiger partial charge in [0.2, 0.25) is 0 Å². The maximum Gasteiger partial charge on any atom is 0.123 e. The Bertz CT molecular complexity index is 569. The number of benzene rings is 2. The largest absolute Gasteiger partial charge is 0.496 e. The maximum atomic E-state index is 5.85. The molecule has 0 fully saturated rings. The van der Waals surface area contributed by atoms with E-state index in [1.54, 1.807) is 7.11 Å². The summed E-state index contributed by atoms with van der Waals surface area (Å²) >= 11 is 11.2. The molecule has 2 rings (SSSR count). The fraction of sp³-hybridized carbons (Fsp3) is 0.133. The van der Waals surface area contributed by atoms with Gasteiger partial charge in [-0.15, -0.1) is 0 Å². The fourth-order valence-electron chi connectivity index (χ4n) is 1.73. The number of hydrogen-bond acceptors (Lipinski definition) is 2. The molecule has 0 aliphatic carbocycles. The molecule has 98 valence electrons. The van der Waals surface area contributed by atoms with Gasteiger partial charge in [-0.2, -0.15) is 0 Å². The fourth-order valence-corrected chi connectivity index (χ4v) is 2.06. The van der Waals surface area contributed by atoms with E-state index in [0.29, 0.717) is 16.6 Å². The monoisotopic (exact) mass is 291 g/mol. The van der Waals surface area contributed by atoms with Crippen LogP contribution < -0.4 is 10.1 Å². The summed E-state index contributed by atoms with van der Waals surface area (Å²) in [4.78, 5) is 0.697. The quantitative estimate of drug-likeness (QED) is 0.866. The minimum Gasteiger partial charge on any atom is -0.496 e. The second kappa shape index (κ2) is 6.55. The van der Waals surface area contributed by atoms with Crippen LogP contribution in [0.5, 0.6) is 5.75 Å². The number of rotatable bonds is 4. The third-order valence-electron chi connectivity index (χ3n) is 2.74. The topological polar surface area (TPSA) is 21.3 Å². The third-order valence-corrected chi connectivity index (χ3v) is 3.37. The van der Waals surface area contributed by atoms with Crippen LogP contribution in [0.4, 0.5) is 0 Å². The van der Waals surface area contributed by atoms with Gasteiger partial charge in [-0.25, -0.2) is 0 Å². The van der Waals surface area contributed by atoms with E-state index in [4.69, 9.17) is 28.6 Å². The first-order valence-corrected chi connectivity index (χ1v) is 6.65. The van der Waals surface area contributed by atoms with Gasteiger partial charge in [0.15, 0.2) is 0 Å². The minimum absolute atomic E-state index is 0.630. The molecule has 1 N–H and O–H groups in total. The van der Waals surface area contributed by atoms with Crippen molar-refractivity contribution in [2.45, 2.75) is 6.54 Å². The van der Waals surface area contributed by atoms with E-state index in [0.717, 1.165) is 16.9 Å². The molecule has 2 aromatic rings. The normalized spacial score (nSPS) is 10.0. The Morgan fingerprint density at radius 1 is 1.16 bits per heavy atom. The molecular weight excluding hydrogens is 278 g/mol. The van der Waals surface area contributed by atoms with Crippen LogP contribution in [-0.2, 0) is 6.54 Å². The highest BCUT2D eigenvalue weighted by Crippen LogP contribution is 2.17. The Hall–Kier alpha value is -1.58. The highest BCUT2D eigenvalue weighted by molar-refractivity contribution is 7.80. The van der Waals surface area contributed by atoms with Crippen molar-refractivity contribution in [2.24, 2.45) is 0 Å². The van der Waals surface area contributed by atoms with Gasteiger partial charge < -0.3 is 10.1 Å². The standard InChI is InChI=1S/C15H14ClNOS/c1-18-14-5-3-2-4-12(14)10-17-15(19)11-6-8-13(16)9-7-11/h2-9H,10H2,1H3,(H,17,19). The number of hydrogen-bond donors (Lipinski definition) is 1. The number of methoxy groups -OCH3 is 1. The molecule has 0 heterocycles. The van der Waals surface area contributed by atoms with Gasteiger partial charge in [-0.3, -0.25) is 0 Å². The molecule has 0 saturated carbocycles. The smallest absolute Gasteiger partial charge is 0.123 e. The number of nitrogens with one attached hydrogen (secondary N) is 1. The third kappa shape index (κ3) is 3.69. The van der Waals surface area contributed by atoms with E-state index in [9.17, 15) is 0 Å². The first kappa shape index (κ1) is 13.8. The second-order valence-corrected chi connectivity index (χ2v) is 4.85. The van der Waals surface area contributed by atoms with Gasteiger partial charge in [-0.05, 0) is 18.2 Å². The zero-order valence-corrected chi connectivity index (χ0v) is 12.1. The van der Waals surface area contributed by atoms with Gasteiger partial charge in [0.1, 0.15) is 10.7 Å².